The van der Waals surface area contributed by atoms with Gasteiger partial charge in [-0.05, 0) is 6.92 Å². The van der Waals surface area contributed by atoms with Crippen LogP contribution in [0.4, 0.5) is 5.69 Å². The van der Waals surface area contributed by atoms with Gasteiger partial charge < -0.3 is 11.1 Å². The smallest absolute Gasteiger partial charge is 0.241 e. The summed E-state index contributed by atoms with van der Waals surface area (Å²) in [5, 5.41) is 2.63. The molecule has 0 saturated heterocycles. The minimum absolute atomic E-state index is 0. The average Bonchev–Trinajstić information content (AvgIpc) is 2.17. The molecule has 1 amide bonds. The van der Waals surface area contributed by atoms with E-state index in [0.717, 1.165) is 5.82 Å². The highest BCUT2D eigenvalue weighted by molar-refractivity contribution is 5.94. The van der Waals surface area contributed by atoms with Crippen molar-refractivity contribution in [3.05, 3.63) is 18.2 Å². The summed E-state index contributed by atoms with van der Waals surface area (Å²) in [7, 11) is 0. The number of carbonyl (C=O) groups excluding carboxylic acids is 1. The van der Waals surface area contributed by atoms with Crippen molar-refractivity contribution in [3.8, 4) is 0 Å². The molecule has 0 bridgehead atoms. The van der Waals surface area contributed by atoms with Gasteiger partial charge in [0.05, 0.1) is 24.1 Å². The van der Waals surface area contributed by atoms with E-state index in [1.165, 1.54) is 0 Å². The lowest BCUT2D eigenvalue weighted by molar-refractivity contribution is -0.117. The zero-order chi connectivity index (χ0) is 12.3. The number of nitrogens with one attached hydrogen (secondary N) is 1. The SMILES string of the molecule is C[C@@H](N)C(=O)Nc1cnc(C(C)(C)C)nc1.Cl. The molecule has 0 unspecified atom stereocenters. The average molecular weight is 259 g/mol. The Morgan fingerprint density at radius 1 is 1.35 bits per heavy atom. The Morgan fingerprint density at radius 2 is 1.82 bits per heavy atom. The van der Waals surface area contributed by atoms with Gasteiger partial charge in [0.1, 0.15) is 5.82 Å². The fourth-order valence-electron chi connectivity index (χ4n) is 1.04. The van der Waals surface area contributed by atoms with Crippen LogP contribution in [0.25, 0.3) is 0 Å². The quantitative estimate of drug-likeness (QED) is 0.842. The second-order valence-electron chi connectivity index (χ2n) is 4.82. The molecule has 1 atom stereocenters. The summed E-state index contributed by atoms with van der Waals surface area (Å²) in [6.07, 6.45) is 3.18. The summed E-state index contributed by atoms with van der Waals surface area (Å²) < 4.78 is 0. The van der Waals surface area contributed by atoms with Gasteiger partial charge in [-0.2, -0.15) is 0 Å². The maximum Gasteiger partial charge on any atom is 0.241 e. The van der Waals surface area contributed by atoms with Gasteiger partial charge in [-0.25, -0.2) is 9.97 Å². The fraction of sp³-hybridized carbons (Fsp3) is 0.545. The normalized spacial score (nSPS) is 12.5. The first kappa shape index (κ1) is 15.8. The molecule has 0 aliphatic rings. The monoisotopic (exact) mass is 258 g/mol. The third-order valence-electron chi connectivity index (χ3n) is 2.00. The zero-order valence-electron chi connectivity index (χ0n) is 10.5. The number of hydrogen-bond donors (Lipinski definition) is 2. The maximum atomic E-state index is 11.3. The largest absolute Gasteiger partial charge is 0.322 e. The molecule has 1 heterocycles. The van der Waals surface area contributed by atoms with E-state index < -0.39 is 6.04 Å². The van der Waals surface area contributed by atoms with Gasteiger partial charge in [-0.3, -0.25) is 4.79 Å². The summed E-state index contributed by atoms with van der Waals surface area (Å²) >= 11 is 0. The summed E-state index contributed by atoms with van der Waals surface area (Å²) in [6.45, 7) is 7.72. The Labute approximate surface area is 108 Å². The van der Waals surface area contributed by atoms with Gasteiger partial charge in [-0.1, -0.05) is 20.8 Å². The third-order valence-corrected chi connectivity index (χ3v) is 2.00. The molecule has 0 saturated carbocycles. The van der Waals surface area contributed by atoms with Crippen LogP contribution in [0.3, 0.4) is 0 Å². The molecule has 3 N–H and O–H groups in total. The highest BCUT2D eigenvalue weighted by Crippen LogP contribution is 2.18. The topological polar surface area (TPSA) is 80.9 Å². The van der Waals surface area contributed by atoms with Crippen molar-refractivity contribution in [3.63, 3.8) is 0 Å². The van der Waals surface area contributed by atoms with E-state index in [2.05, 4.69) is 15.3 Å². The van der Waals surface area contributed by atoms with Gasteiger partial charge >= 0.3 is 0 Å². The van der Waals surface area contributed by atoms with Crippen LogP contribution in [-0.4, -0.2) is 21.9 Å². The minimum atomic E-state index is -0.540. The predicted octanol–water partition coefficient (Wildman–Crippen LogP) is 1.48. The molecule has 5 nitrogen and oxygen atoms in total. The number of halogens is 1. The molecule has 0 aromatic carbocycles. The number of nitrogens with two attached hydrogens (primary N) is 1. The van der Waals surface area contributed by atoms with Crippen molar-refractivity contribution in [1.82, 2.24) is 9.97 Å². The number of anilines is 1. The fourth-order valence-corrected chi connectivity index (χ4v) is 1.04. The molecular formula is C11H19ClN4O. The van der Waals surface area contributed by atoms with Crippen molar-refractivity contribution in [2.75, 3.05) is 5.32 Å². The van der Waals surface area contributed by atoms with Crippen molar-refractivity contribution in [1.29, 1.82) is 0 Å². The summed E-state index contributed by atoms with van der Waals surface area (Å²) in [4.78, 5) is 19.7. The van der Waals surface area contributed by atoms with Crippen molar-refractivity contribution >= 4 is 24.0 Å². The Balaban J connectivity index is 0.00000256. The Morgan fingerprint density at radius 3 is 2.18 bits per heavy atom. The van der Waals surface area contributed by atoms with E-state index in [9.17, 15) is 4.79 Å². The molecule has 1 aromatic heterocycles. The van der Waals surface area contributed by atoms with E-state index in [-0.39, 0.29) is 23.7 Å². The van der Waals surface area contributed by atoms with E-state index in [1.54, 1.807) is 19.3 Å². The highest BCUT2D eigenvalue weighted by atomic mass is 35.5. The summed E-state index contributed by atoms with van der Waals surface area (Å²) in [5.74, 6) is 0.499. The van der Waals surface area contributed by atoms with Crippen LogP contribution in [0.15, 0.2) is 12.4 Å². The molecular weight excluding hydrogens is 240 g/mol. The van der Waals surface area contributed by atoms with E-state index in [0.29, 0.717) is 5.69 Å². The molecule has 96 valence electrons. The lowest BCUT2D eigenvalue weighted by atomic mass is 9.96. The van der Waals surface area contributed by atoms with Crippen molar-refractivity contribution in [2.45, 2.75) is 39.2 Å². The van der Waals surface area contributed by atoms with Crippen LogP contribution in [0.1, 0.15) is 33.5 Å². The first-order valence-electron chi connectivity index (χ1n) is 5.19. The molecule has 17 heavy (non-hydrogen) atoms. The summed E-state index contributed by atoms with van der Waals surface area (Å²) in [5.41, 5.74) is 5.90. The Bertz CT molecular complexity index is 370. The molecule has 1 aromatic rings. The van der Waals surface area contributed by atoms with E-state index >= 15 is 0 Å². The minimum Gasteiger partial charge on any atom is -0.322 e. The van der Waals surface area contributed by atoms with Crippen LogP contribution in [0.5, 0.6) is 0 Å². The third kappa shape index (κ3) is 4.66. The van der Waals surface area contributed by atoms with Gasteiger partial charge in [0, 0.05) is 5.41 Å². The number of carbonyl (C=O) groups is 1. The number of amides is 1. The van der Waals surface area contributed by atoms with Crippen LogP contribution < -0.4 is 11.1 Å². The standard InChI is InChI=1S/C11H18N4O.ClH/c1-7(12)9(16)15-8-5-13-10(14-6-8)11(2,3)4;/h5-7H,12H2,1-4H3,(H,15,16);1H/t7-;/m1./s1. The van der Waals surface area contributed by atoms with Crippen molar-refractivity contribution < 1.29 is 4.79 Å². The van der Waals surface area contributed by atoms with Gasteiger partial charge in [0.15, 0.2) is 0 Å². The van der Waals surface area contributed by atoms with Crippen LogP contribution >= 0.6 is 12.4 Å². The van der Waals surface area contributed by atoms with Gasteiger partial charge in [0.2, 0.25) is 5.91 Å². The van der Waals surface area contributed by atoms with Crippen LogP contribution in [-0.2, 0) is 10.2 Å². The summed E-state index contributed by atoms with van der Waals surface area (Å²) in [6, 6.07) is -0.540. The van der Waals surface area contributed by atoms with Gasteiger partial charge in [0.25, 0.3) is 0 Å². The zero-order valence-corrected chi connectivity index (χ0v) is 11.3. The molecule has 0 aliphatic carbocycles. The van der Waals surface area contributed by atoms with Gasteiger partial charge in [-0.15, -0.1) is 12.4 Å². The number of aromatic nitrogens is 2. The first-order valence-corrected chi connectivity index (χ1v) is 5.19. The Kier molecular flexibility index (Phi) is 5.51. The number of rotatable bonds is 2. The van der Waals surface area contributed by atoms with Crippen LogP contribution in [0, 0.1) is 0 Å². The second-order valence-corrected chi connectivity index (χ2v) is 4.82. The Hall–Kier alpha value is -1.20. The number of hydrogen-bond acceptors (Lipinski definition) is 4. The molecule has 0 fully saturated rings. The lowest BCUT2D eigenvalue weighted by Crippen LogP contribution is -2.32. The number of nitrogens with zero attached hydrogens (tertiary/aromatic N) is 2. The second kappa shape index (κ2) is 5.93. The van der Waals surface area contributed by atoms with Crippen LogP contribution in [0.2, 0.25) is 0 Å². The maximum absolute atomic E-state index is 11.3. The first-order chi connectivity index (χ1) is 7.30. The molecule has 0 radical (unpaired) electrons. The van der Waals surface area contributed by atoms with E-state index in [1.807, 2.05) is 20.8 Å². The molecule has 0 spiro atoms. The van der Waals surface area contributed by atoms with Crippen molar-refractivity contribution in [2.24, 2.45) is 5.73 Å². The predicted molar refractivity (Wildman–Crippen MR) is 70.3 cm³/mol. The molecule has 1 rings (SSSR count). The molecule has 6 heteroatoms. The van der Waals surface area contributed by atoms with E-state index in [4.69, 9.17) is 5.73 Å². The highest BCUT2D eigenvalue weighted by Gasteiger charge is 2.17. The lowest BCUT2D eigenvalue weighted by Gasteiger charge is -2.16. The molecule has 0 aliphatic heterocycles.